The maximum atomic E-state index is 5.95. The van der Waals surface area contributed by atoms with Crippen LogP contribution in [0.25, 0.3) is 11.4 Å². The summed E-state index contributed by atoms with van der Waals surface area (Å²) >= 11 is 2.20. The van der Waals surface area contributed by atoms with Gasteiger partial charge in [-0.3, -0.25) is 4.68 Å². The van der Waals surface area contributed by atoms with Gasteiger partial charge in [0, 0.05) is 12.7 Å². The fraction of sp³-hybridized carbons (Fsp3) is 0.417. The van der Waals surface area contributed by atoms with Crippen LogP contribution in [-0.4, -0.2) is 19.7 Å². The fourth-order valence-electron chi connectivity index (χ4n) is 1.65. The van der Waals surface area contributed by atoms with E-state index in [9.17, 15) is 0 Å². The second kappa shape index (κ2) is 5.21. The summed E-state index contributed by atoms with van der Waals surface area (Å²) in [5.41, 5.74) is 7.84. The van der Waals surface area contributed by atoms with Gasteiger partial charge in [0.05, 0.1) is 21.0 Å². The summed E-state index contributed by atoms with van der Waals surface area (Å²) in [7, 11) is 0. The molecule has 18 heavy (non-hydrogen) atoms. The van der Waals surface area contributed by atoms with Crippen LogP contribution in [0.2, 0.25) is 0 Å². The van der Waals surface area contributed by atoms with Crippen LogP contribution in [-0.2, 0) is 6.54 Å². The van der Waals surface area contributed by atoms with E-state index < -0.39 is 0 Å². The van der Waals surface area contributed by atoms with Gasteiger partial charge in [-0.25, -0.2) is 9.97 Å². The molecule has 2 heterocycles. The highest BCUT2D eigenvalue weighted by Gasteiger charge is 2.14. The molecule has 0 amide bonds. The van der Waals surface area contributed by atoms with Crippen LogP contribution in [0.1, 0.15) is 32.4 Å². The van der Waals surface area contributed by atoms with E-state index in [1.165, 1.54) is 0 Å². The second-order valence-corrected chi connectivity index (χ2v) is 5.45. The van der Waals surface area contributed by atoms with Crippen molar-refractivity contribution in [2.24, 2.45) is 0 Å². The van der Waals surface area contributed by atoms with Crippen LogP contribution in [0.5, 0.6) is 0 Å². The third kappa shape index (κ3) is 2.47. The summed E-state index contributed by atoms with van der Waals surface area (Å²) in [5.74, 6) is 1.51. The first-order valence-corrected chi connectivity index (χ1v) is 6.96. The summed E-state index contributed by atoms with van der Waals surface area (Å²) in [4.78, 5) is 8.94. The third-order valence-corrected chi connectivity index (χ3v) is 3.77. The van der Waals surface area contributed by atoms with E-state index in [0.29, 0.717) is 17.6 Å². The Labute approximate surface area is 120 Å². The molecule has 0 saturated heterocycles. The molecule has 0 bridgehead atoms. The predicted octanol–water partition coefficient (Wildman–Crippen LogP) is 2.67. The van der Waals surface area contributed by atoms with Crippen molar-refractivity contribution in [2.75, 3.05) is 5.73 Å². The van der Waals surface area contributed by atoms with Crippen molar-refractivity contribution in [1.29, 1.82) is 0 Å². The summed E-state index contributed by atoms with van der Waals surface area (Å²) in [6.45, 7) is 7.07. The van der Waals surface area contributed by atoms with Gasteiger partial charge in [-0.1, -0.05) is 13.8 Å². The van der Waals surface area contributed by atoms with Crippen LogP contribution in [0.4, 0.5) is 5.82 Å². The van der Waals surface area contributed by atoms with E-state index in [4.69, 9.17) is 5.73 Å². The summed E-state index contributed by atoms with van der Waals surface area (Å²) in [6, 6.07) is 0. The quantitative estimate of drug-likeness (QED) is 0.858. The molecule has 2 rings (SSSR count). The molecule has 0 atom stereocenters. The minimum Gasteiger partial charge on any atom is -0.383 e. The highest BCUT2D eigenvalue weighted by molar-refractivity contribution is 14.1. The largest absolute Gasteiger partial charge is 0.383 e. The maximum absolute atomic E-state index is 5.95. The second-order valence-electron chi connectivity index (χ2n) is 4.37. The molecule has 0 unspecified atom stereocenters. The van der Waals surface area contributed by atoms with E-state index in [-0.39, 0.29) is 0 Å². The molecule has 0 aliphatic rings. The smallest absolute Gasteiger partial charge is 0.165 e. The van der Waals surface area contributed by atoms with Crippen LogP contribution in [0.15, 0.2) is 12.4 Å². The number of hydrogen-bond donors (Lipinski definition) is 1. The lowest BCUT2D eigenvalue weighted by molar-refractivity contribution is 0.660. The summed E-state index contributed by atoms with van der Waals surface area (Å²) in [6.07, 6.45) is 3.71. The minimum atomic E-state index is 0.321. The zero-order chi connectivity index (χ0) is 13.3. The van der Waals surface area contributed by atoms with Gasteiger partial charge < -0.3 is 5.73 Å². The lowest BCUT2D eigenvalue weighted by atomic mass is 10.1. The molecule has 0 saturated carbocycles. The normalized spacial score (nSPS) is 11.2. The highest BCUT2D eigenvalue weighted by atomic mass is 127. The first-order valence-electron chi connectivity index (χ1n) is 5.88. The van der Waals surface area contributed by atoms with E-state index in [2.05, 4.69) is 51.5 Å². The van der Waals surface area contributed by atoms with Crippen LogP contribution in [0, 0.1) is 3.57 Å². The molecule has 2 aromatic heterocycles. The van der Waals surface area contributed by atoms with Crippen molar-refractivity contribution < 1.29 is 0 Å². The molecular formula is C12H16IN5. The van der Waals surface area contributed by atoms with Gasteiger partial charge >= 0.3 is 0 Å². The number of nitrogens with zero attached hydrogens (tertiary/aromatic N) is 4. The van der Waals surface area contributed by atoms with Crippen LogP contribution < -0.4 is 5.73 Å². The van der Waals surface area contributed by atoms with Gasteiger partial charge in [0.1, 0.15) is 5.82 Å². The van der Waals surface area contributed by atoms with E-state index in [0.717, 1.165) is 21.4 Å². The minimum absolute atomic E-state index is 0.321. The molecule has 5 nitrogen and oxygen atoms in total. The number of anilines is 1. The Bertz CT molecular complexity index is 562. The molecule has 6 heteroatoms. The van der Waals surface area contributed by atoms with Gasteiger partial charge in [0.15, 0.2) is 5.82 Å². The predicted molar refractivity (Wildman–Crippen MR) is 80.1 cm³/mol. The monoisotopic (exact) mass is 357 g/mol. The first kappa shape index (κ1) is 13.3. The van der Waals surface area contributed by atoms with Crippen molar-refractivity contribution >= 4 is 28.4 Å². The van der Waals surface area contributed by atoms with Gasteiger partial charge in [-0.15, -0.1) is 0 Å². The van der Waals surface area contributed by atoms with E-state index >= 15 is 0 Å². The van der Waals surface area contributed by atoms with Gasteiger partial charge in [0.25, 0.3) is 0 Å². The molecule has 96 valence electrons. The molecule has 0 spiro atoms. The lowest BCUT2D eigenvalue weighted by Crippen LogP contribution is -2.06. The van der Waals surface area contributed by atoms with E-state index in [1.807, 2.05) is 17.8 Å². The van der Waals surface area contributed by atoms with Crippen LogP contribution >= 0.6 is 22.6 Å². The molecule has 0 aliphatic carbocycles. The zero-order valence-corrected chi connectivity index (χ0v) is 12.8. The van der Waals surface area contributed by atoms with Crippen molar-refractivity contribution in [3.05, 3.63) is 21.7 Å². The zero-order valence-electron chi connectivity index (χ0n) is 10.7. The molecule has 2 aromatic rings. The van der Waals surface area contributed by atoms with Gasteiger partial charge in [0.2, 0.25) is 0 Å². The first-order chi connectivity index (χ1) is 8.52. The standard InChI is InChI=1S/C12H16IN5/c1-4-18-6-8(5-15-18)12-16-10(7(2)3)9(13)11(14)17-12/h5-7H,4H2,1-3H3,(H2,14,16,17). The SMILES string of the molecule is CCn1cc(-c2nc(N)c(I)c(C(C)C)n2)cn1. The molecule has 0 radical (unpaired) electrons. The average Bonchev–Trinajstić information content (AvgIpc) is 2.80. The number of rotatable bonds is 3. The summed E-state index contributed by atoms with van der Waals surface area (Å²) < 4.78 is 2.79. The Morgan fingerprint density at radius 1 is 1.39 bits per heavy atom. The Morgan fingerprint density at radius 2 is 2.11 bits per heavy atom. The fourth-order valence-corrected chi connectivity index (χ4v) is 2.51. The number of aryl methyl sites for hydroxylation is 1. The number of halogens is 1. The molecule has 2 N–H and O–H groups in total. The Hall–Kier alpha value is -1.18. The summed E-state index contributed by atoms with van der Waals surface area (Å²) in [5, 5.41) is 4.23. The number of nitrogens with two attached hydrogens (primary N) is 1. The molecular weight excluding hydrogens is 341 g/mol. The van der Waals surface area contributed by atoms with E-state index in [1.54, 1.807) is 6.20 Å². The van der Waals surface area contributed by atoms with Crippen LogP contribution in [0.3, 0.4) is 0 Å². The van der Waals surface area contributed by atoms with Gasteiger partial charge in [-0.2, -0.15) is 5.10 Å². The lowest BCUT2D eigenvalue weighted by Gasteiger charge is -2.10. The molecule has 0 fully saturated rings. The third-order valence-electron chi connectivity index (χ3n) is 2.66. The Kier molecular flexibility index (Phi) is 3.84. The van der Waals surface area contributed by atoms with Crippen molar-refractivity contribution in [2.45, 2.75) is 33.2 Å². The van der Waals surface area contributed by atoms with Crippen molar-refractivity contribution in [3.63, 3.8) is 0 Å². The van der Waals surface area contributed by atoms with Gasteiger partial charge in [-0.05, 0) is 35.4 Å². The topological polar surface area (TPSA) is 69.6 Å². The number of hydrogen-bond acceptors (Lipinski definition) is 4. The van der Waals surface area contributed by atoms with Crippen molar-refractivity contribution in [1.82, 2.24) is 19.7 Å². The van der Waals surface area contributed by atoms with Crippen molar-refractivity contribution in [3.8, 4) is 11.4 Å². The highest BCUT2D eigenvalue weighted by Crippen LogP contribution is 2.26. The average molecular weight is 357 g/mol. The number of nitrogen functional groups attached to an aromatic ring is 1. The molecule has 0 aromatic carbocycles. The Balaban J connectivity index is 2.51. The maximum Gasteiger partial charge on any atom is 0.165 e. The number of aromatic nitrogens is 4. The Morgan fingerprint density at radius 3 is 2.67 bits per heavy atom. The molecule has 0 aliphatic heterocycles.